The molecule has 2 atom stereocenters. The van der Waals surface area contributed by atoms with Crippen LogP contribution in [0, 0.1) is 11.8 Å². The number of aliphatic carboxylic acids is 1. The molecule has 0 saturated carbocycles. The number of nitrogens with one attached hydrogen (secondary N) is 2. The van der Waals surface area contributed by atoms with E-state index in [0.29, 0.717) is 5.52 Å². The SMILES string of the molecule is CC(C)[C@@H](C(=O)N[C@@H](C(=O)O)C(C)C)n1c(=O)[nH]c2ccccc2c1=O. The molecule has 1 aromatic heterocycles. The Morgan fingerprint density at radius 3 is 2.23 bits per heavy atom. The highest BCUT2D eigenvalue weighted by Gasteiger charge is 2.32. The van der Waals surface area contributed by atoms with Gasteiger partial charge in [-0.3, -0.25) is 9.59 Å². The first kappa shape index (κ1) is 19.4. The first-order valence-corrected chi connectivity index (χ1v) is 8.41. The molecule has 0 aliphatic heterocycles. The molecule has 140 valence electrons. The van der Waals surface area contributed by atoms with Gasteiger partial charge < -0.3 is 15.4 Å². The predicted octanol–water partition coefficient (Wildman–Crippen LogP) is 1.11. The van der Waals surface area contributed by atoms with Crippen LogP contribution in [0.5, 0.6) is 0 Å². The fourth-order valence-corrected chi connectivity index (χ4v) is 2.90. The summed E-state index contributed by atoms with van der Waals surface area (Å²) in [4.78, 5) is 52.0. The number of carbonyl (C=O) groups is 2. The largest absolute Gasteiger partial charge is 0.480 e. The number of H-pyrrole nitrogens is 1. The number of benzene rings is 1. The maximum atomic E-state index is 12.8. The van der Waals surface area contributed by atoms with E-state index in [1.807, 2.05) is 0 Å². The van der Waals surface area contributed by atoms with Crippen LogP contribution in [0.15, 0.2) is 33.9 Å². The molecule has 2 rings (SSSR count). The highest BCUT2D eigenvalue weighted by Crippen LogP contribution is 2.17. The summed E-state index contributed by atoms with van der Waals surface area (Å²) >= 11 is 0. The number of hydrogen-bond donors (Lipinski definition) is 3. The number of aromatic nitrogens is 2. The highest BCUT2D eigenvalue weighted by molar-refractivity contribution is 5.86. The zero-order valence-electron chi connectivity index (χ0n) is 15.1. The Bertz CT molecular complexity index is 942. The molecule has 1 amide bonds. The lowest BCUT2D eigenvalue weighted by Crippen LogP contribution is -2.51. The van der Waals surface area contributed by atoms with Gasteiger partial charge in [0.25, 0.3) is 5.56 Å². The molecule has 0 saturated heterocycles. The average Bonchev–Trinajstić information content (AvgIpc) is 2.55. The number of carbonyl (C=O) groups excluding carboxylic acids is 1. The maximum absolute atomic E-state index is 12.8. The third kappa shape index (κ3) is 3.68. The number of fused-ring (bicyclic) bond motifs is 1. The van der Waals surface area contributed by atoms with Gasteiger partial charge in [0.2, 0.25) is 5.91 Å². The molecule has 0 aliphatic rings. The Balaban J connectivity index is 2.56. The van der Waals surface area contributed by atoms with Crippen molar-refractivity contribution in [1.82, 2.24) is 14.9 Å². The fraction of sp³-hybridized carbons (Fsp3) is 0.444. The number of rotatable bonds is 6. The average molecular weight is 361 g/mol. The van der Waals surface area contributed by atoms with Crippen LogP contribution in [0.2, 0.25) is 0 Å². The summed E-state index contributed by atoms with van der Waals surface area (Å²) in [6.07, 6.45) is 0. The van der Waals surface area contributed by atoms with E-state index in [2.05, 4.69) is 10.3 Å². The zero-order chi connectivity index (χ0) is 19.6. The van der Waals surface area contributed by atoms with Gasteiger partial charge in [0.15, 0.2) is 0 Å². The number of aromatic amines is 1. The summed E-state index contributed by atoms with van der Waals surface area (Å²) in [7, 11) is 0. The second-order valence-electron chi connectivity index (χ2n) is 6.91. The topological polar surface area (TPSA) is 121 Å². The van der Waals surface area contributed by atoms with Crippen LogP contribution in [0.3, 0.4) is 0 Å². The van der Waals surface area contributed by atoms with Crippen LogP contribution in [-0.4, -0.2) is 32.6 Å². The lowest BCUT2D eigenvalue weighted by Gasteiger charge is -2.25. The standard InChI is InChI=1S/C18H23N3O5/c1-9(2)13(17(24)25)20-15(22)14(10(3)4)21-16(23)11-7-5-6-8-12(11)19-18(21)26/h5-10,13-14H,1-4H3,(H,19,26)(H,20,22)(H,24,25)/t13-,14+/m1/s1. The van der Waals surface area contributed by atoms with E-state index >= 15 is 0 Å². The summed E-state index contributed by atoms with van der Waals surface area (Å²) in [6, 6.07) is 4.28. The van der Waals surface area contributed by atoms with Gasteiger partial charge in [0.05, 0.1) is 10.9 Å². The van der Waals surface area contributed by atoms with E-state index in [1.165, 1.54) is 0 Å². The van der Waals surface area contributed by atoms with Crippen molar-refractivity contribution in [2.45, 2.75) is 39.8 Å². The molecule has 0 bridgehead atoms. The van der Waals surface area contributed by atoms with E-state index < -0.39 is 41.1 Å². The minimum Gasteiger partial charge on any atom is -0.480 e. The van der Waals surface area contributed by atoms with Crippen LogP contribution in [0.1, 0.15) is 33.7 Å². The van der Waals surface area contributed by atoms with Crippen molar-refractivity contribution in [3.05, 3.63) is 45.1 Å². The Hall–Kier alpha value is -2.90. The number of carboxylic acid groups (broad SMARTS) is 1. The third-order valence-electron chi connectivity index (χ3n) is 4.25. The minimum absolute atomic E-state index is 0.282. The van der Waals surface area contributed by atoms with Gasteiger partial charge in [0, 0.05) is 0 Å². The third-order valence-corrected chi connectivity index (χ3v) is 4.25. The summed E-state index contributed by atoms with van der Waals surface area (Å²) in [5.74, 6) is -2.60. The van der Waals surface area contributed by atoms with Gasteiger partial charge in [-0.05, 0) is 24.0 Å². The van der Waals surface area contributed by atoms with Gasteiger partial charge in [-0.2, -0.15) is 0 Å². The fourth-order valence-electron chi connectivity index (χ4n) is 2.90. The predicted molar refractivity (Wildman–Crippen MR) is 97.1 cm³/mol. The Morgan fingerprint density at radius 2 is 1.69 bits per heavy atom. The first-order chi connectivity index (χ1) is 12.1. The van der Waals surface area contributed by atoms with Crippen molar-refractivity contribution in [2.75, 3.05) is 0 Å². The summed E-state index contributed by atoms with van der Waals surface area (Å²) < 4.78 is 0.863. The Kier molecular flexibility index (Phi) is 5.64. The van der Waals surface area contributed by atoms with E-state index in [-0.39, 0.29) is 11.3 Å². The molecule has 1 aromatic carbocycles. The molecule has 8 nitrogen and oxygen atoms in total. The van der Waals surface area contributed by atoms with Gasteiger partial charge >= 0.3 is 11.7 Å². The van der Waals surface area contributed by atoms with Crippen LogP contribution < -0.4 is 16.6 Å². The van der Waals surface area contributed by atoms with E-state index in [0.717, 1.165) is 4.57 Å². The van der Waals surface area contributed by atoms with E-state index in [1.54, 1.807) is 52.0 Å². The molecule has 26 heavy (non-hydrogen) atoms. The molecule has 8 heteroatoms. The zero-order valence-corrected chi connectivity index (χ0v) is 15.1. The number of nitrogens with zero attached hydrogens (tertiary/aromatic N) is 1. The quantitative estimate of drug-likeness (QED) is 0.712. The van der Waals surface area contributed by atoms with Crippen molar-refractivity contribution in [1.29, 1.82) is 0 Å². The Labute approximate surface area is 149 Å². The highest BCUT2D eigenvalue weighted by atomic mass is 16.4. The number of hydrogen-bond acceptors (Lipinski definition) is 4. The Morgan fingerprint density at radius 1 is 1.08 bits per heavy atom. The molecular formula is C18H23N3O5. The minimum atomic E-state index is -1.17. The number of para-hydroxylation sites is 1. The van der Waals surface area contributed by atoms with Gasteiger partial charge in [-0.15, -0.1) is 0 Å². The molecule has 0 aliphatic carbocycles. The smallest absolute Gasteiger partial charge is 0.329 e. The number of amides is 1. The van der Waals surface area contributed by atoms with Gasteiger partial charge in [-0.1, -0.05) is 39.8 Å². The second-order valence-corrected chi connectivity index (χ2v) is 6.91. The summed E-state index contributed by atoms with van der Waals surface area (Å²) in [5, 5.41) is 12.0. The van der Waals surface area contributed by atoms with Crippen molar-refractivity contribution in [3.63, 3.8) is 0 Å². The molecule has 0 fully saturated rings. The van der Waals surface area contributed by atoms with Crippen molar-refractivity contribution >= 4 is 22.8 Å². The van der Waals surface area contributed by atoms with Crippen molar-refractivity contribution < 1.29 is 14.7 Å². The molecule has 3 N–H and O–H groups in total. The normalized spacial score (nSPS) is 13.8. The molecule has 0 spiro atoms. The van der Waals surface area contributed by atoms with Gasteiger partial charge in [-0.25, -0.2) is 14.2 Å². The van der Waals surface area contributed by atoms with Gasteiger partial charge in [0.1, 0.15) is 12.1 Å². The van der Waals surface area contributed by atoms with E-state index in [9.17, 15) is 24.3 Å². The van der Waals surface area contributed by atoms with Crippen LogP contribution in [-0.2, 0) is 9.59 Å². The lowest BCUT2D eigenvalue weighted by atomic mass is 10.00. The second kappa shape index (κ2) is 7.55. The maximum Gasteiger partial charge on any atom is 0.329 e. The summed E-state index contributed by atoms with van der Waals surface area (Å²) in [6.45, 7) is 6.71. The van der Waals surface area contributed by atoms with Crippen molar-refractivity contribution in [3.8, 4) is 0 Å². The molecular weight excluding hydrogens is 338 g/mol. The first-order valence-electron chi connectivity index (χ1n) is 8.41. The van der Waals surface area contributed by atoms with E-state index in [4.69, 9.17) is 0 Å². The van der Waals surface area contributed by atoms with Crippen LogP contribution in [0.25, 0.3) is 10.9 Å². The monoisotopic (exact) mass is 361 g/mol. The van der Waals surface area contributed by atoms with Crippen LogP contribution in [0.4, 0.5) is 0 Å². The number of carboxylic acids is 1. The lowest BCUT2D eigenvalue weighted by molar-refractivity contribution is -0.143. The molecule has 0 unspecified atom stereocenters. The molecule has 2 aromatic rings. The molecule has 1 heterocycles. The molecule has 0 radical (unpaired) electrons. The van der Waals surface area contributed by atoms with Crippen molar-refractivity contribution in [2.24, 2.45) is 11.8 Å². The van der Waals surface area contributed by atoms with Crippen LogP contribution >= 0.6 is 0 Å². The summed E-state index contributed by atoms with van der Waals surface area (Å²) in [5.41, 5.74) is -0.916.